The van der Waals surface area contributed by atoms with E-state index in [0.717, 1.165) is 12.1 Å². The summed E-state index contributed by atoms with van der Waals surface area (Å²) in [6.45, 7) is 2.21. The first-order valence-corrected chi connectivity index (χ1v) is 9.15. The maximum Gasteiger partial charge on any atom is 0.416 e. The monoisotopic (exact) mass is 392 g/mol. The van der Waals surface area contributed by atoms with Crippen molar-refractivity contribution in [3.8, 4) is 0 Å². The molecule has 1 aliphatic heterocycles. The lowest BCUT2D eigenvalue weighted by atomic mass is 10.2. The lowest BCUT2D eigenvalue weighted by molar-refractivity contribution is -0.137. The van der Waals surface area contributed by atoms with E-state index >= 15 is 0 Å². The van der Waals surface area contributed by atoms with Gasteiger partial charge in [-0.15, -0.1) is 0 Å². The van der Waals surface area contributed by atoms with Crippen LogP contribution in [0.2, 0.25) is 0 Å². The zero-order valence-corrected chi connectivity index (χ0v) is 14.9. The third kappa shape index (κ3) is 3.59. The van der Waals surface area contributed by atoms with Crippen LogP contribution in [-0.4, -0.2) is 47.0 Å². The number of carbonyl (C=O) groups excluding carboxylic acids is 1. The normalized spacial score (nSPS) is 15.4. The maximum atomic E-state index is 12.9. The van der Waals surface area contributed by atoms with E-state index in [2.05, 4.69) is 9.97 Å². The van der Waals surface area contributed by atoms with Crippen LogP contribution in [0.15, 0.2) is 42.7 Å². The molecule has 2 aromatic heterocycles. The molecule has 27 heavy (non-hydrogen) atoms. The minimum absolute atomic E-state index is 0.0677. The van der Waals surface area contributed by atoms with Crippen LogP contribution in [0.1, 0.15) is 15.9 Å². The molecule has 3 aromatic rings. The van der Waals surface area contributed by atoms with Crippen molar-refractivity contribution in [2.45, 2.75) is 6.18 Å². The minimum Gasteiger partial charge on any atom is -0.345 e. The second kappa shape index (κ2) is 6.80. The van der Waals surface area contributed by atoms with E-state index in [0.29, 0.717) is 47.1 Å². The zero-order chi connectivity index (χ0) is 19.0. The highest BCUT2D eigenvalue weighted by molar-refractivity contribution is 7.22. The van der Waals surface area contributed by atoms with Gasteiger partial charge in [0.2, 0.25) is 0 Å². The number of carbonyl (C=O) groups is 1. The van der Waals surface area contributed by atoms with E-state index in [1.165, 1.54) is 17.4 Å². The Hall–Kier alpha value is -2.68. The maximum absolute atomic E-state index is 12.9. The van der Waals surface area contributed by atoms with Crippen LogP contribution in [0.5, 0.6) is 0 Å². The highest BCUT2D eigenvalue weighted by Crippen LogP contribution is 2.35. The standard InChI is InChI=1S/C18H15F3N4OS/c19-18(20,21)13-3-4-15-14(10-13)23-17(27-15)25-8-6-24(7-9-25)16(26)12-2-1-5-22-11-12/h1-5,10-11H,6-9H2. The van der Waals surface area contributed by atoms with Crippen molar-refractivity contribution in [2.75, 3.05) is 31.1 Å². The van der Waals surface area contributed by atoms with E-state index in [-0.39, 0.29) is 5.91 Å². The number of anilines is 1. The van der Waals surface area contributed by atoms with Crippen LogP contribution in [0.4, 0.5) is 18.3 Å². The first-order valence-electron chi connectivity index (χ1n) is 8.34. The van der Waals surface area contributed by atoms with Gasteiger partial charge >= 0.3 is 6.18 Å². The Labute approximate surface area is 157 Å². The number of halogens is 3. The molecule has 0 spiro atoms. The second-order valence-electron chi connectivity index (χ2n) is 6.20. The van der Waals surface area contributed by atoms with Gasteiger partial charge < -0.3 is 9.80 Å². The van der Waals surface area contributed by atoms with Crippen molar-refractivity contribution >= 4 is 32.6 Å². The first-order chi connectivity index (χ1) is 12.9. The molecule has 5 nitrogen and oxygen atoms in total. The summed E-state index contributed by atoms with van der Waals surface area (Å²) >= 11 is 1.36. The van der Waals surface area contributed by atoms with E-state index in [9.17, 15) is 18.0 Å². The molecule has 3 heterocycles. The summed E-state index contributed by atoms with van der Waals surface area (Å²) < 4.78 is 39.3. The number of benzene rings is 1. The van der Waals surface area contributed by atoms with Crippen molar-refractivity contribution in [1.29, 1.82) is 0 Å². The fourth-order valence-corrected chi connectivity index (χ4v) is 4.00. The number of rotatable bonds is 2. The van der Waals surface area contributed by atoms with E-state index in [1.807, 2.05) is 4.90 Å². The molecule has 9 heteroatoms. The number of pyridine rings is 1. The summed E-state index contributed by atoms with van der Waals surface area (Å²) in [6.07, 6.45) is -1.22. The average molecular weight is 392 g/mol. The van der Waals surface area contributed by atoms with Crippen LogP contribution in [0, 0.1) is 0 Å². The average Bonchev–Trinajstić information content (AvgIpc) is 3.11. The van der Waals surface area contributed by atoms with Gasteiger partial charge in [-0.05, 0) is 30.3 Å². The molecule has 0 aliphatic carbocycles. The summed E-state index contributed by atoms with van der Waals surface area (Å²) in [5.41, 5.74) is 0.197. The Morgan fingerprint density at radius 1 is 1.11 bits per heavy atom. The van der Waals surface area contributed by atoms with E-state index in [4.69, 9.17) is 0 Å². The number of aromatic nitrogens is 2. The second-order valence-corrected chi connectivity index (χ2v) is 7.21. The Morgan fingerprint density at radius 3 is 2.56 bits per heavy atom. The number of hydrogen-bond acceptors (Lipinski definition) is 5. The molecule has 0 saturated carbocycles. The molecule has 4 rings (SSSR count). The summed E-state index contributed by atoms with van der Waals surface area (Å²) in [4.78, 5) is 24.6. The van der Waals surface area contributed by atoms with Crippen molar-refractivity contribution < 1.29 is 18.0 Å². The summed E-state index contributed by atoms with van der Waals surface area (Å²) in [5, 5.41) is 0.679. The Kier molecular flexibility index (Phi) is 4.47. The Balaban J connectivity index is 1.47. The number of fused-ring (bicyclic) bond motifs is 1. The molecule has 0 radical (unpaired) electrons. The number of alkyl halides is 3. The fraction of sp³-hybridized carbons (Fsp3) is 0.278. The first kappa shape index (κ1) is 17.7. The zero-order valence-electron chi connectivity index (χ0n) is 14.1. The molecule has 1 amide bonds. The molecule has 0 bridgehead atoms. The molecular formula is C18H15F3N4OS. The number of piperazine rings is 1. The number of amides is 1. The largest absolute Gasteiger partial charge is 0.416 e. The summed E-state index contributed by atoms with van der Waals surface area (Å²) in [7, 11) is 0. The van der Waals surface area contributed by atoms with Crippen molar-refractivity contribution in [3.05, 3.63) is 53.9 Å². The molecule has 1 aromatic carbocycles. The van der Waals surface area contributed by atoms with Crippen LogP contribution in [-0.2, 0) is 6.18 Å². The molecular weight excluding hydrogens is 377 g/mol. The molecule has 140 valence electrons. The van der Waals surface area contributed by atoms with Crippen molar-refractivity contribution in [3.63, 3.8) is 0 Å². The van der Waals surface area contributed by atoms with Gasteiger partial charge in [-0.2, -0.15) is 13.2 Å². The van der Waals surface area contributed by atoms with Crippen LogP contribution < -0.4 is 4.90 Å². The van der Waals surface area contributed by atoms with Crippen LogP contribution in [0.3, 0.4) is 0 Å². The molecule has 1 saturated heterocycles. The van der Waals surface area contributed by atoms with Gasteiger partial charge in [-0.3, -0.25) is 9.78 Å². The van der Waals surface area contributed by atoms with Gasteiger partial charge in [0.1, 0.15) is 0 Å². The highest BCUT2D eigenvalue weighted by atomic mass is 32.1. The smallest absolute Gasteiger partial charge is 0.345 e. The Bertz CT molecular complexity index is 966. The SMILES string of the molecule is O=C(c1cccnc1)N1CCN(c2nc3cc(C(F)(F)F)ccc3s2)CC1. The van der Waals surface area contributed by atoms with Gasteiger partial charge in [0.05, 0.1) is 21.3 Å². The fourth-order valence-electron chi connectivity index (χ4n) is 3.00. The summed E-state index contributed by atoms with van der Waals surface area (Å²) in [5.74, 6) is -0.0677. The van der Waals surface area contributed by atoms with E-state index < -0.39 is 11.7 Å². The van der Waals surface area contributed by atoms with Crippen LogP contribution in [0.25, 0.3) is 10.2 Å². The molecule has 0 unspecified atom stereocenters. The van der Waals surface area contributed by atoms with Gasteiger partial charge in [0, 0.05) is 38.6 Å². The van der Waals surface area contributed by atoms with Gasteiger partial charge in [-0.25, -0.2) is 4.98 Å². The number of nitrogens with zero attached hydrogens (tertiary/aromatic N) is 4. The summed E-state index contributed by atoms with van der Waals surface area (Å²) in [6, 6.07) is 7.07. The minimum atomic E-state index is -4.38. The van der Waals surface area contributed by atoms with Crippen LogP contribution >= 0.6 is 11.3 Å². The van der Waals surface area contributed by atoms with E-state index in [1.54, 1.807) is 29.4 Å². The lowest BCUT2D eigenvalue weighted by Crippen LogP contribution is -2.48. The van der Waals surface area contributed by atoms with Gasteiger partial charge in [-0.1, -0.05) is 11.3 Å². The van der Waals surface area contributed by atoms with Crippen molar-refractivity contribution in [2.24, 2.45) is 0 Å². The number of thiazole rings is 1. The van der Waals surface area contributed by atoms with Crippen molar-refractivity contribution in [1.82, 2.24) is 14.9 Å². The molecule has 1 fully saturated rings. The molecule has 0 atom stereocenters. The predicted molar refractivity (Wildman–Crippen MR) is 97.0 cm³/mol. The molecule has 1 aliphatic rings. The third-order valence-electron chi connectivity index (χ3n) is 4.45. The Morgan fingerprint density at radius 2 is 1.89 bits per heavy atom. The lowest BCUT2D eigenvalue weighted by Gasteiger charge is -2.34. The van der Waals surface area contributed by atoms with Gasteiger partial charge in [0.15, 0.2) is 5.13 Å². The highest BCUT2D eigenvalue weighted by Gasteiger charge is 2.31. The number of hydrogen-bond donors (Lipinski definition) is 0. The third-order valence-corrected chi connectivity index (χ3v) is 5.55. The van der Waals surface area contributed by atoms with Gasteiger partial charge in [0.25, 0.3) is 5.91 Å². The predicted octanol–water partition coefficient (Wildman–Crippen LogP) is 3.67. The quantitative estimate of drug-likeness (QED) is 0.668. The molecule has 0 N–H and O–H groups in total. The topological polar surface area (TPSA) is 49.3 Å².